The van der Waals surface area contributed by atoms with Crippen LogP contribution >= 0.6 is 23.2 Å². The number of carboxylic acid groups (broad SMARTS) is 1. The molecule has 212 valence electrons. The lowest BCUT2D eigenvalue weighted by atomic mass is 9.83. The van der Waals surface area contributed by atoms with E-state index in [1.54, 1.807) is 24.3 Å². The van der Waals surface area contributed by atoms with Gasteiger partial charge in [-0.15, -0.1) is 0 Å². The minimum absolute atomic E-state index is 0.0792. The number of nitrogens with one attached hydrogen (secondary N) is 2. The number of benzene rings is 4. The van der Waals surface area contributed by atoms with E-state index in [0.29, 0.717) is 38.9 Å². The molecule has 4 aromatic carbocycles. The number of aromatic nitrogens is 1. The third-order valence-electron chi connectivity index (χ3n) is 8.14. The maximum Gasteiger partial charge on any atom is 0.354 e. The lowest BCUT2D eigenvalue weighted by molar-refractivity contribution is 0.0692. The van der Waals surface area contributed by atoms with Gasteiger partial charge in [0.1, 0.15) is 5.69 Å². The van der Waals surface area contributed by atoms with Crippen molar-refractivity contribution in [2.45, 2.75) is 44.4 Å². The van der Waals surface area contributed by atoms with Gasteiger partial charge in [0.25, 0.3) is 5.91 Å². The van der Waals surface area contributed by atoms with E-state index in [1.807, 2.05) is 30.3 Å². The molecule has 6 rings (SSSR count). The van der Waals surface area contributed by atoms with Gasteiger partial charge in [0.2, 0.25) is 0 Å². The van der Waals surface area contributed by atoms with Crippen molar-refractivity contribution in [2.24, 2.45) is 0 Å². The molecule has 1 heterocycles. The third kappa shape index (κ3) is 5.94. The zero-order chi connectivity index (χ0) is 29.2. The fourth-order valence-corrected chi connectivity index (χ4v) is 6.39. The number of aromatic amines is 1. The number of anilines is 1. The molecule has 1 amide bonds. The molecule has 0 radical (unpaired) electrons. The highest BCUT2D eigenvalue weighted by Gasteiger charge is 2.23. The molecule has 1 aliphatic rings. The Morgan fingerprint density at radius 3 is 2.26 bits per heavy atom. The lowest BCUT2D eigenvalue weighted by Gasteiger charge is -2.22. The normalized spacial score (nSPS) is 13.8. The lowest BCUT2D eigenvalue weighted by Crippen LogP contribution is -2.14. The molecule has 0 spiro atoms. The summed E-state index contributed by atoms with van der Waals surface area (Å²) in [6.45, 7) is 0. The number of fused-ring (bicyclic) bond motifs is 1. The fraction of sp³-hybridized carbons (Fsp3) is 0.200. The Morgan fingerprint density at radius 2 is 1.57 bits per heavy atom. The van der Waals surface area contributed by atoms with Crippen LogP contribution in [0.4, 0.5) is 5.69 Å². The maximum atomic E-state index is 13.2. The van der Waals surface area contributed by atoms with E-state index in [-0.39, 0.29) is 11.4 Å². The number of carboxylic acids is 1. The van der Waals surface area contributed by atoms with Crippen molar-refractivity contribution in [2.75, 3.05) is 5.32 Å². The summed E-state index contributed by atoms with van der Waals surface area (Å²) in [5.74, 6) is -0.974. The summed E-state index contributed by atoms with van der Waals surface area (Å²) in [6.07, 6.45) is 6.85. The first-order valence-electron chi connectivity index (χ1n) is 14.2. The molecule has 0 atom stereocenters. The zero-order valence-corrected chi connectivity index (χ0v) is 24.4. The summed E-state index contributed by atoms with van der Waals surface area (Å²) >= 11 is 12.3. The predicted octanol–water partition coefficient (Wildman–Crippen LogP) is 9.73. The van der Waals surface area contributed by atoms with Gasteiger partial charge in [0.05, 0.1) is 5.69 Å². The number of amides is 1. The van der Waals surface area contributed by atoms with E-state index in [2.05, 4.69) is 40.6 Å². The Labute approximate surface area is 254 Å². The second kappa shape index (κ2) is 12.0. The van der Waals surface area contributed by atoms with Gasteiger partial charge >= 0.3 is 5.97 Å². The number of hydrogen-bond acceptors (Lipinski definition) is 2. The number of H-pyrrole nitrogens is 1. The van der Waals surface area contributed by atoms with Gasteiger partial charge in [0, 0.05) is 26.5 Å². The van der Waals surface area contributed by atoms with Crippen LogP contribution in [-0.4, -0.2) is 22.0 Å². The molecule has 1 aromatic heterocycles. The van der Waals surface area contributed by atoms with Crippen molar-refractivity contribution in [3.8, 4) is 11.1 Å². The Balaban J connectivity index is 1.46. The van der Waals surface area contributed by atoms with Gasteiger partial charge in [0.15, 0.2) is 0 Å². The van der Waals surface area contributed by atoms with E-state index in [4.69, 9.17) is 23.2 Å². The van der Waals surface area contributed by atoms with Crippen LogP contribution < -0.4 is 5.32 Å². The second-order valence-corrected chi connectivity index (χ2v) is 11.8. The summed E-state index contributed by atoms with van der Waals surface area (Å²) < 4.78 is 0. The van der Waals surface area contributed by atoms with Crippen LogP contribution in [0.25, 0.3) is 22.0 Å². The summed E-state index contributed by atoms with van der Waals surface area (Å²) in [7, 11) is 0. The monoisotopic (exact) mass is 596 g/mol. The van der Waals surface area contributed by atoms with Crippen LogP contribution in [0, 0.1) is 0 Å². The molecule has 0 unspecified atom stereocenters. The van der Waals surface area contributed by atoms with Gasteiger partial charge in [-0.1, -0.05) is 78.9 Å². The van der Waals surface area contributed by atoms with E-state index in [9.17, 15) is 14.7 Å². The highest BCUT2D eigenvalue weighted by atomic mass is 35.5. The molecule has 5 aromatic rings. The molecular weight excluding hydrogens is 567 g/mol. The highest BCUT2D eigenvalue weighted by molar-refractivity contribution is 6.31. The van der Waals surface area contributed by atoms with Crippen molar-refractivity contribution >= 4 is 51.7 Å². The van der Waals surface area contributed by atoms with Gasteiger partial charge < -0.3 is 15.4 Å². The smallest absolute Gasteiger partial charge is 0.354 e. The largest absolute Gasteiger partial charge is 0.477 e. The molecule has 1 saturated carbocycles. The quantitative estimate of drug-likeness (QED) is 0.175. The fourth-order valence-electron chi connectivity index (χ4n) is 6.05. The molecule has 7 heteroatoms. The average Bonchev–Trinajstić information content (AvgIpc) is 3.37. The van der Waals surface area contributed by atoms with Gasteiger partial charge in [-0.05, 0) is 102 Å². The first kappa shape index (κ1) is 28.1. The summed E-state index contributed by atoms with van der Waals surface area (Å²) in [6, 6.07) is 26.8. The maximum absolute atomic E-state index is 13.2. The molecule has 0 saturated heterocycles. The topological polar surface area (TPSA) is 82.2 Å². The van der Waals surface area contributed by atoms with Crippen LogP contribution in [0.15, 0.2) is 84.9 Å². The number of carbonyl (C=O) groups is 2. The molecule has 1 fully saturated rings. The van der Waals surface area contributed by atoms with E-state index < -0.39 is 11.9 Å². The van der Waals surface area contributed by atoms with Crippen molar-refractivity contribution in [3.63, 3.8) is 0 Å². The molecular formula is C35H30Cl2N2O3. The second-order valence-electron chi connectivity index (χ2n) is 11.0. The number of halogens is 2. The standard InChI is InChI=1S/C35H30Cl2N2O3/c36-28-15-13-25(14-16-28)34(40)39-32-31-27(17-21-5-4-8-29(37)18-21)19-26(20-30(31)38-33(32)35(41)42)24-11-9-23(10-12-24)22-6-2-1-3-7-22/h4-5,8-16,18-20,22,38H,1-3,6-7,17H2,(H,39,40)(H,41,42). The minimum Gasteiger partial charge on any atom is -0.477 e. The van der Waals surface area contributed by atoms with Crippen LogP contribution in [0.1, 0.15) is 75.6 Å². The van der Waals surface area contributed by atoms with Crippen LogP contribution in [0.3, 0.4) is 0 Å². The Bertz CT molecular complexity index is 1770. The molecule has 42 heavy (non-hydrogen) atoms. The van der Waals surface area contributed by atoms with Crippen LogP contribution in [-0.2, 0) is 6.42 Å². The number of aromatic carboxylic acids is 1. The summed E-state index contributed by atoms with van der Waals surface area (Å²) in [4.78, 5) is 28.7. The van der Waals surface area contributed by atoms with Crippen molar-refractivity contribution in [1.82, 2.24) is 4.98 Å². The number of carbonyl (C=O) groups excluding carboxylic acids is 1. The van der Waals surface area contributed by atoms with E-state index in [1.165, 1.54) is 37.7 Å². The Kier molecular flexibility index (Phi) is 8.05. The van der Waals surface area contributed by atoms with Crippen molar-refractivity contribution in [3.05, 3.63) is 123 Å². The van der Waals surface area contributed by atoms with Crippen molar-refractivity contribution in [1.29, 1.82) is 0 Å². The first-order valence-corrected chi connectivity index (χ1v) is 14.9. The molecule has 3 N–H and O–H groups in total. The Hall–Kier alpha value is -4.06. The number of rotatable bonds is 7. The predicted molar refractivity (Wildman–Crippen MR) is 170 cm³/mol. The zero-order valence-electron chi connectivity index (χ0n) is 22.9. The summed E-state index contributed by atoms with van der Waals surface area (Å²) in [5, 5.41) is 14.8. The van der Waals surface area contributed by atoms with E-state index >= 15 is 0 Å². The SMILES string of the molecule is O=C(Nc1c(C(=O)O)[nH]c2cc(-c3ccc(C4CCCCC4)cc3)cc(Cc3cccc(Cl)c3)c12)c1ccc(Cl)cc1. The summed E-state index contributed by atoms with van der Waals surface area (Å²) in [5.41, 5.74) is 6.38. The first-order chi connectivity index (χ1) is 20.4. The molecule has 0 aliphatic heterocycles. The number of hydrogen-bond donors (Lipinski definition) is 3. The minimum atomic E-state index is -1.16. The Morgan fingerprint density at radius 1 is 0.833 bits per heavy atom. The highest BCUT2D eigenvalue weighted by Crippen LogP contribution is 2.38. The van der Waals surface area contributed by atoms with Gasteiger partial charge in [-0.25, -0.2) is 4.79 Å². The van der Waals surface area contributed by atoms with E-state index in [0.717, 1.165) is 22.3 Å². The third-order valence-corrected chi connectivity index (χ3v) is 8.63. The molecule has 5 nitrogen and oxygen atoms in total. The van der Waals surface area contributed by atoms with Gasteiger partial charge in [-0.2, -0.15) is 0 Å². The van der Waals surface area contributed by atoms with Crippen molar-refractivity contribution < 1.29 is 14.7 Å². The van der Waals surface area contributed by atoms with Crippen LogP contribution in [0.5, 0.6) is 0 Å². The molecule has 0 bridgehead atoms. The molecule has 1 aliphatic carbocycles. The van der Waals surface area contributed by atoms with Gasteiger partial charge in [-0.3, -0.25) is 4.79 Å². The van der Waals surface area contributed by atoms with Crippen LogP contribution in [0.2, 0.25) is 10.0 Å². The average molecular weight is 598 g/mol.